The Hall–Kier alpha value is -1.54. The Labute approximate surface area is 98.5 Å². The normalized spacial score (nSPS) is 13.9. The summed E-state index contributed by atoms with van der Waals surface area (Å²) >= 11 is 1.64. The van der Waals surface area contributed by atoms with Crippen LogP contribution in [0.4, 0.5) is 0 Å². The predicted molar refractivity (Wildman–Crippen MR) is 66.9 cm³/mol. The summed E-state index contributed by atoms with van der Waals surface area (Å²) in [6.07, 6.45) is 0. The first-order valence-electron chi connectivity index (χ1n) is 5.20. The molecule has 0 fully saturated rings. The molecule has 1 nitrogen and oxygen atoms in total. The zero-order valence-electron chi connectivity index (χ0n) is 8.64. The highest BCUT2D eigenvalue weighted by Crippen LogP contribution is 2.34. The largest absolute Gasteiger partial charge is 0.293 e. The number of ketones is 1. The van der Waals surface area contributed by atoms with Crippen LogP contribution in [-0.4, -0.2) is 11.5 Å². The summed E-state index contributed by atoms with van der Waals surface area (Å²) in [7, 11) is 0. The van der Waals surface area contributed by atoms with E-state index in [9.17, 15) is 4.79 Å². The van der Waals surface area contributed by atoms with Crippen molar-refractivity contribution in [3.8, 4) is 11.1 Å². The third-order valence-corrected chi connectivity index (χ3v) is 3.80. The van der Waals surface area contributed by atoms with Crippen molar-refractivity contribution in [2.45, 2.75) is 4.90 Å². The highest BCUT2D eigenvalue weighted by atomic mass is 32.2. The fourth-order valence-electron chi connectivity index (χ4n) is 1.90. The van der Waals surface area contributed by atoms with Crippen LogP contribution >= 0.6 is 11.8 Å². The van der Waals surface area contributed by atoms with E-state index >= 15 is 0 Å². The van der Waals surface area contributed by atoms with Crippen molar-refractivity contribution >= 4 is 17.5 Å². The fraction of sp³-hybridized carbons (Fsp3) is 0.0714. The van der Waals surface area contributed by atoms with Gasteiger partial charge in [0.1, 0.15) is 0 Å². The number of thioether (sulfide) groups is 1. The lowest BCUT2D eigenvalue weighted by Gasteiger charge is -2.03. The van der Waals surface area contributed by atoms with E-state index in [1.165, 1.54) is 11.1 Å². The molecule has 0 amide bonds. The Morgan fingerprint density at radius 1 is 0.938 bits per heavy atom. The highest BCUT2D eigenvalue weighted by molar-refractivity contribution is 8.00. The molecule has 0 radical (unpaired) electrons. The average Bonchev–Trinajstić information content (AvgIpc) is 2.72. The van der Waals surface area contributed by atoms with Gasteiger partial charge >= 0.3 is 0 Å². The van der Waals surface area contributed by atoms with Crippen molar-refractivity contribution < 1.29 is 4.79 Å². The molecule has 1 heterocycles. The van der Waals surface area contributed by atoms with Gasteiger partial charge in [0.25, 0.3) is 0 Å². The van der Waals surface area contributed by atoms with Crippen molar-refractivity contribution in [3.05, 3.63) is 54.1 Å². The smallest absolute Gasteiger partial charge is 0.174 e. The highest BCUT2D eigenvalue weighted by Gasteiger charge is 2.20. The topological polar surface area (TPSA) is 17.1 Å². The maximum atomic E-state index is 11.5. The Morgan fingerprint density at radius 2 is 1.75 bits per heavy atom. The summed E-state index contributed by atoms with van der Waals surface area (Å²) < 4.78 is 0. The number of hydrogen-bond donors (Lipinski definition) is 0. The maximum absolute atomic E-state index is 11.5. The standard InChI is InChI=1S/C14H10OS/c15-13-9-16-14-8-11(6-7-12(13)14)10-4-2-1-3-5-10/h1-8H,9H2. The molecule has 0 spiro atoms. The minimum Gasteiger partial charge on any atom is -0.293 e. The monoisotopic (exact) mass is 226 g/mol. The van der Waals surface area contributed by atoms with E-state index in [0.717, 1.165) is 10.5 Å². The van der Waals surface area contributed by atoms with Gasteiger partial charge < -0.3 is 0 Å². The lowest BCUT2D eigenvalue weighted by atomic mass is 10.0. The Morgan fingerprint density at radius 3 is 2.56 bits per heavy atom. The Kier molecular flexibility index (Phi) is 2.29. The van der Waals surface area contributed by atoms with E-state index in [-0.39, 0.29) is 5.78 Å². The van der Waals surface area contributed by atoms with Crippen LogP contribution in [0.25, 0.3) is 11.1 Å². The van der Waals surface area contributed by atoms with Gasteiger partial charge in [-0.1, -0.05) is 36.4 Å². The summed E-state index contributed by atoms with van der Waals surface area (Å²) in [6.45, 7) is 0. The van der Waals surface area contributed by atoms with Crippen LogP contribution in [0.15, 0.2) is 53.4 Å². The molecule has 0 saturated carbocycles. The van der Waals surface area contributed by atoms with Crippen molar-refractivity contribution in [1.29, 1.82) is 0 Å². The number of carbonyl (C=O) groups is 1. The van der Waals surface area contributed by atoms with Crippen molar-refractivity contribution in [2.24, 2.45) is 0 Å². The zero-order valence-corrected chi connectivity index (χ0v) is 9.46. The maximum Gasteiger partial charge on any atom is 0.174 e. The number of rotatable bonds is 1. The molecule has 0 aromatic heterocycles. The average molecular weight is 226 g/mol. The van der Waals surface area contributed by atoms with Crippen LogP contribution in [0, 0.1) is 0 Å². The SMILES string of the molecule is O=C1CSc2cc(-c3ccccc3)ccc21. The number of Topliss-reactive ketones (excluding diaryl/α,β-unsaturated/α-hetero) is 1. The van der Waals surface area contributed by atoms with Crippen molar-refractivity contribution in [2.75, 3.05) is 5.75 Å². The lowest BCUT2D eigenvalue weighted by Crippen LogP contribution is -1.94. The molecule has 1 aliphatic heterocycles. The molecule has 16 heavy (non-hydrogen) atoms. The second-order valence-electron chi connectivity index (χ2n) is 3.79. The van der Waals surface area contributed by atoms with E-state index in [4.69, 9.17) is 0 Å². The summed E-state index contributed by atoms with van der Waals surface area (Å²) in [5.74, 6) is 0.840. The summed E-state index contributed by atoms with van der Waals surface area (Å²) in [4.78, 5) is 12.6. The Bertz CT molecular complexity index is 546. The number of fused-ring (bicyclic) bond motifs is 1. The van der Waals surface area contributed by atoms with E-state index in [1.54, 1.807) is 11.8 Å². The molecule has 0 unspecified atom stereocenters. The van der Waals surface area contributed by atoms with Gasteiger partial charge in [-0.3, -0.25) is 4.79 Å². The van der Waals surface area contributed by atoms with Gasteiger partial charge in [0.15, 0.2) is 5.78 Å². The van der Waals surface area contributed by atoms with Gasteiger partial charge in [-0.2, -0.15) is 0 Å². The first-order chi connectivity index (χ1) is 7.84. The third kappa shape index (κ3) is 1.55. The number of hydrogen-bond acceptors (Lipinski definition) is 2. The van der Waals surface area contributed by atoms with Crippen LogP contribution in [0.2, 0.25) is 0 Å². The third-order valence-electron chi connectivity index (χ3n) is 2.75. The molecule has 0 saturated heterocycles. The molecule has 0 N–H and O–H groups in total. The van der Waals surface area contributed by atoms with Crippen LogP contribution < -0.4 is 0 Å². The van der Waals surface area contributed by atoms with E-state index in [0.29, 0.717) is 5.75 Å². The van der Waals surface area contributed by atoms with Gasteiger partial charge in [0.2, 0.25) is 0 Å². The molecule has 3 rings (SSSR count). The second-order valence-corrected chi connectivity index (χ2v) is 4.81. The van der Waals surface area contributed by atoms with Crippen molar-refractivity contribution in [1.82, 2.24) is 0 Å². The minimum atomic E-state index is 0.250. The zero-order chi connectivity index (χ0) is 11.0. The minimum absolute atomic E-state index is 0.250. The lowest BCUT2D eigenvalue weighted by molar-refractivity contribution is 0.102. The molecule has 0 bridgehead atoms. The molecule has 1 aliphatic rings. The number of benzene rings is 2. The summed E-state index contributed by atoms with van der Waals surface area (Å²) in [5, 5.41) is 0. The van der Waals surface area contributed by atoms with Gasteiger partial charge in [-0.15, -0.1) is 11.8 Å². The number of carbonyl (C=O) groups excluding carboxylic acids is 1. The van der Waals surface area contributed by atoms with Gasteiger partial charge in [-0.25, -0.2) is 0 Å². The molecule has 2 aromatic rings. The molecule has 0 aliphatic carbocycles. The van der Waals surface area contributed by atoms with Gasteiger partial charge in [0.05, 0.1) is 5.75 Å². The van der Waals surface area contributed by atoms with E-state index < -0.39 is 0 Å². The molecule has 78 valence electrons. The van der Waals surface area contributed by atoms with Crippen LogP contribution in [0.1, 0.15) is 10.4 Å². The molecular weight excluding hydrogens is 216 g/mol. The summed E-state index contributed by atoms with van der Waals surface area (Å²) in [5.41, 5.74) is 3.26. The predicted octanol–water partition coefficient (Wildman–Crippen LogP) is 3.64. The van der Waals surface area contributed by atoms with Gasteiger partial charge in [-0.05, 0) is 23.3 Å². The van der Waals surface area contributed by atoms with E-state index in [2.05, 4.69) is 18.2 Å². The van der Waals surface area contributed by atoms with Gasteiger partial charge in [0, 0.05) is 10.5 Å². The molecule has 0 atom stereocenters. The first-order valence-corrected chi connectivity index (χ1v) is 6.18. The van der Waals surface area contributed by atoms with Crippen LogP contribution in [0.5, 0.6) is 0 Å². The van der Waals surface area contributed by atoms with Crippen LogP contribution in [0.3, 0.4) is 0 Å². The second kappa shape index (κ2) is 3.80. The summed E-state index contributed by atoms with van der Waals surface area (Å²) in [6, 6.07) is 16.3. The molecular formula is C14H10OS. The van der Waals surface area contributed by atoms with Crippen LogP contribution in [-0.2, 0) is 0 Å². The fourth-order valence-corrected chi connectivity index (χ4v) is 2.89. The van der Waals surface area contributed by atoms with Crippen molar-refractivity contribution in [3.63, 3.8) is 0 Å². The quantitative estimate of drug-likeness (QED) is 0.738. The van der Waals surface area contributed by atoms with E-state index in [1.807, 2.05) is 30.3 Å². The Balaban J connectivity index is 2.09. The molecule has 2 heteroatoms. The molecule has 2 aromatic carbocycles. The first kappa shape index (κ1) is 9.67.